The highest BCUT2D eigenvalue weighted by molar-refractivity contribution is 5.76. The van der Waals surface area contributed by atoms with Gasteiger partial charge in [-0.25, -0.2) is 0 Å². The summed E-state index contributed by atoms with van der Waals surface area (Å²) >= 11 is 0. The molecule has 1 fully saturated rings. The SMILES string of the molecule is COCCC1(CO)CCCN(C(=O)CCc2cnccn2)C1. The largest absolute Gasteiger partial charge is 0.396 e. The molecule has 1 aliphatic heterocycles. The van der Waals surface area contributed by atoms with Gasteiger partial charge in [-0.3, -0.25) is 14.8 Å². The monoisotopic (exact) mass is 307 g/mol. The van der Waals surface area contributed by atoms with E-state index in [2.05, 4.69) is 9.97 Å². The van der Waals surface area contributed by atoms with E-state index in [0.717, 1.165) is 31.5 Å². The third kappa shape index (κ3) is 4.48. The maximum absolute atomic E-state index is 12.4. The summed E-state index contributed by atoms with van der Waals surface area (Å²) in [6.45, 7) is 2.10. The summed E-state index contributed by atoms with van der Waals surface area (Å²) in [5.74, 6) is 0.126. The number of rotatable bonds is 7. The van der Waals surface area contributed by atoms with E-state index in [4.69, 9.17) is 4.74 Å². The summed E-state index contributed by atoms with van der Waals surface area (Å²) in [6, 6.07) is 0. The molecule has 1 atom stereocenters. The van der Waals surface area contributed by atoms with Gasteiger partial charge in [0.25, 0.3) is 0 Å². The molecular formula is C16H25N3O3. The fourth-order valence-corrected chi connectivity index (χ4v) is 3.00. The van der Waals surface area contributed by atoms with Gasteiger partial charge in [0.1, 0.15) is 0 Å². The lowest BCUT2D eigenvalue weighted by atomic mass is 9.78. The first-order valence-electron chi connectivity index (χ1n) is 7.81. The molecule has 22 heavy (non-hydrogen) atoms. The molecule has 122 valence electrons. The van der Waals surface area contributed by atoms with Crippen molar-refractivity contribution in [2.45, 2.75) is 32.1 Å². The first kappa shape index (κ1) is 16.8. The zero-order valence-electron chi connectivity index (χ0n) is 13.2. The van der Waals surface area contributed by atoms with E-state index in [1.165, 1.54) is 0 Å². The molecular weight excluding hydrogens is 282 g/mol. The third-order valence-electron chi connectivity index (χ3n) is 4.40. The summed E-state index contributed by atoms with van der Waals surface area (Å²) in [7, 11) is 1.66. The highest BCUT2D eigenvalue weighted by Crippen LogP contribution is 2.33. The van der Waals surface area contributed by atoms with Crippen LogP contribution in [0.25, 0.3) is 0 Å². The predicted molar refractivity (Wildman–Crippen MR) is 82.2 cm³/mol. The minimum atomic E-state index is -0.212. The van der Waals surface area contributed by atoms with E-state index in [0.29, 0.717) is 26.0 Å². The van der Waals surface area contributed by atoms with Crippen LogP contribution in [-0.2, 0) is 16.0 Å². The molecule has 0 radical (unpaired) electrons. The van der Waals surface area contributed by atoms with Gasteiger partial charge in [-0.15, -0.1) is 0 Å². The van der Waals surface area contributed by atoms with Crippen molar-refractivity contribution in [3.63, 3.8) is 0 Å². The number of hydrogen-bond donors (Lipinski definition) is 1. The maximum atomic E-state index is 12.4. The van der Waals surface area contributed by atoms with Crippen LogP contribution in [0.3, 0.4) is 0 Å². The van der Waals surface area contributed by atoms with E-state index in [-0.39, 0.29) is 17.9 Å². The van der Waals surface area contributed by atoms with E-state index < -0.39 is 0 Å². The van der Waals surface area contributed by atoms with Crippen LogP contribution in [0.4, 0.5) is 0 Å². The van der Waals surface area contributed by atoms with Crippen molar-refractivity contribution >= 4 is 5.91 Å². The molecule has 0 aliphatic carbocycles. The average Bonchev–Trinajstić information content (AvgIpc) is 2.59. The Balaban J connectivity index is 1.89. The number of carbonyl (C=O) groups is 1. The molecule has 1 amide bonds. The topological polar surface area (TPSA) is 75.6 Å². The number of aliphatic hydroxyl groups excluding tert-OH is 1. The zero-order valence-corrected chi connectivity index (χ0v) is 13.2. The quantitative estimate of drug-likeness (QED) is 0.815. The molecule has 0 spiro atoms. The molecule has 1 N–H and O–H groups in total. The molecule has 0 bridgehead atoms. The van der Waals surface area contributed by atoms with Crippen molar-refractivity contribution in [2.24, 2.45) is 5.41 Å². The molecule has 1 saturated heterocycles. The summed E-state index contributed by atoms with van der Waals surface area (Å²) in [5.41, 5.74) is 0.622. The number of piperidine rings is 1. The summed E-state index contributed by atoms with van der Waals surface area (Å²) in [6.07, 6.45) is 8.66. The number of ether oxygens (including phenoxy) is 1. The highest BCUT2D eigenvalue weighted by Gasteiger charge is 2.36. The van der Waals surface area contributed by atoms with Gasteiger partial charge in [0.2, 0.25) is 5.91 Å². The van der Waals surface area contributed by atoms with Crippen LogP contribution >= 0.6 is 0 Å². The number of amides is 1. The van der Waals surface area contributed by atoms with Crippen LogP contribution < -0.4 is 0 Å². The Morgan fingerprint density at radius 1 is 1.50 bits per heavy atom. The molecule has 6 heteroatoms. The lowest BCUT2D eigenvalue weighted by Gasteiger charge is -2.42. The number of aromatic nitrogens is 2. The number of nitrogens with zero attached hydrogens (tertiary/aromatic N) is 3. The summed E-state index contributed by atoms with van der Waals surface area (Å²) < 4.78 is 5.14. The number of likely N-dealkylation sites (tertiary alicyclic amines) is 1. The van der Waals surface area contributed by atoms with Gasteiger partial charge >= 0.3 is 0 Å². The minimum absolute atomic E-state index is 0.101. The van der Waals surface area contributed by atoms with Crippen LogP contribution in [0, 0.1) is 5.41 Å². The average molecular weight is 307 g/mol. The second-order valence-corrected chi connectivity index (χ2v) is 6.02. The maximum Gasteiger partial charge on any atom is 0.222 e. The van der Waals surface area contributed by atoms with Crippen LogP contribution in [0.15, 0.2) is 18.6 Å². The Labute approximate surface area is 131 Å². The number of carbonyl (C=O) groups excluding carboxylic acids is 1. The van der Waals surface area contributed by atoms with Crippen LogP contribution in [0.1, 0.15) is 31.4 Å². The number of methoxy groups -OCH3 is 1. The molecule has 6 nitrogen and oxygen atoms in total. The molecule has 2 rings (SSSR count). The van der Waals surface area contributed by atoms with E-state index in [1.54, 1.807) is 25.7 Å². The fourth-order valence-electron chi connectivity index (χ4n) is 3.00. The second kappa shape index (κ2) is 8.19. The van der Waals surface area contributed by atoms with Crippen LogP contribution in [-0.4, -0.2) is 59.3 Å². The first-order chi connectivity index (χ1) is 10.7. The van der Waals surface area contributed by atoms with Crippen LogP contribution in [0.5, 0.6) is 0 Å². The molecule has 1 aromatic rings. The molecule has 1 aliphatic rings. The Kier molecular flexibility index (Phi) is 6.27. The Morgan fingerprint density at radius 3 is 3.05 bits per heavy atom. The lowest BCUT2D eigenvalue weighted by molar-refractivity contribution is -0.136. The van der Waals surface area contributed by atoms with Crippen molar-refractivity contribution in [1.82, 2.24) is 14.9 Å². The summed E-state index contributed by atoms with van der Waals surface area (Å²) in [4.78, 5) is 22.5. The van der Waals surface area contributed by atoms with Gasteiger partial charge < -0.3 is 14.7 Å². The van der Waals surface area contributed by atoms with Gasteiger partial charge in [-0.1, -0.05) is 0 Å². The molecule has 1 unspecified atom stereocenters. The van der Waals surface area contributed by atoms with Crippen molar-refractivity contribution in [2.75, 3.05) is 33.4 Å². The van der Waals surface area contributed by atoms with Crippen molar-refractivity contribution in [3.8, 4) is 0 Å². The Morgan fingerprint density at radius 2 is 2.36 bits per heavy atom. The van der Waals surface area contributed by atoms with E-state index in [1.807, 2.05) is 4.90 Å². The summed E-state index contributed by atoms with van der Waals surface area (Å²) in [5, 5.41) is 9.76. The standard InChI is InChI=1S/C16H25N3O3/c1-22-10-6-16(13-20)5-2-9-19(12-16)15(21)4-3-14-11-17-7-8-18-14/h7-8,11,20H,2-6,9-10,12-13H2,1H3. The van der Waals surface area contributed by atoms with E-state index >= 15 is 0 Å². The van der Waals surface area contributed by atoms with Gasteiger partial charge in [0.05, 0.1) is 12.3 Å². The molecule has 2 heterocycles. The Bertz CT molecular complexity index is 469. The molecule has 1 aromatic heterocycles. The second-order valence-electron chi connectivity index (χ2n) is 6.02. The van der Waals surface area contributed by atoms with Gasteiger partial charge in [0.15, 0.2) is 0 Å². The van der Waals surface area contributed by atoms with Crippen molar-refractivity contribution in [1.29, 1.82) is 0 Å². The number of aliphatic hydroxyl groups is 1. The lowest BCUT2D eigenvalue weighted by Crippen LogP contribution is -2.48. The molecule has 0 saturated carbocycles. The van der Waals surface area contributed by atoms with Gasteiger partial charge in [0, 0.05) is 57.2 Å². The first-order valence-corrected chi connectivity index (χ1v) is 7.81. The Hall–Kier alpha value is -1.53. The van der Waals surface area contributed by atoms with Crippen molar-refractivity contribution in [3.05, 3.63) is 24.3 Å². The normalized spacial score (nSPS) is 21.8. The minimum Gasteiger partial charge on any atom is -0.396 e. The predicted octanol–water partition coefficient (Wildman–Crippen LogP) is 1.05. The number of hydrogen-bond acceptors (Lipinski definition) is 5. The number of aryl methyl sites for hydroxylation is 1. The third-order valence-corrected chi connectivity index (χ3v) is 4.40. The zero-order chi connectivity index (χ0) is 15.8. The van der Waals surface area contributed by atoms with Crippen LogP contribution in [0.2, 0.25) is 0 Å². The smallest absolute Gasteiger partial charge is 0.222 e. The highest BCUT2D eigenvalue weighted by atomic mass is 16.5. The molecule has 0 aromatic carbocycles. The fraction of sp³-hybridized carbons (Fsp3) is 0.688. The van der Waals surface area contributed by atoms with Gasteiger partial charge in [-0.05, 0) is 25.7 Å². The van der Waals surface area contributed by atoms with E-state index in [9.17, 15) is 9.90 Å². The van der Waals surface area contributed by atoms with Gasteiger partial charge in [-0.2, -0.15) is 0 Å². The van der Waals surface area contributed by atoms with Crippen molar-refractivity contribution < 1.29 is 14.6 Å².